The van der Waals surface area contributed by atoms with E-state index in [2.05, 4.69) is 45.8 Å². The van der Waals surface area contributed by atoms with Crippen LogP contribution in [0.25, 0.3) is 0 Å². The molecule has 2 aromatic carbocycles. The van der Waals surface area contributed by atoms with Gasteiger partial charge in [0.15, 0.2) is 0 Å². The molecule has 1 amide bonds. The van der Waals surface area contributed by atoms with Gasteiger partial charge in [0.25, 0.3) is 0 Å². The standard InChI is InChI=1S/C36H47F2N5O2/c1-24(2)34-41-40-25(3)43(34)31-21-29-11-12-30(22-31)42(29)20-17-33(39-35(44)28-15-18-36(37,38)19-16-28)27-9-13-32(14-10-27)45-23-26-7-5-4-6-8-26/h4-10,13-14,24,28-31,33H,11-12,15-23H2,1-3H3,(H,39,44)/t29-,30-,33+/m1/s1. The highest BCUT2D eigenvalue weighted by Gasteiger charge is 2.42. The van der Waals surface area contributed by atoms with E-state index in [9.17, 15) is 13.6 Å². The van der Waals surface area contributed by atoms with Crippen molar-refractivity contribution in [2.75, 3.05) is 6.54 Å². The molecule has 1 N–H and O–H groups in total. The van der Waals surface area contributed by atoms with Crippen LogP contribution in [0.1, 0.15) is 112 Å². The number of aromatic nitrogens is 3. The molecular weight excluding hydrogens is 572 g/mol. The average Bonchev–Trinajstić information content (AvgIpc) is 3.53. The second kappa shape index (κ2) is 13.6. The number of alkyl halides is 2. The summed E-state index contributed by atoms with van der Waals surface area (Å²) in [5, 5.41) is 12.2. The molecule has 0 unspecified atom stereocenters. The zero-order valence-corrected chi connectivity index (χ0v) is 26.8. The van der Waals surface area contributed by atoms with E-state index < -0.39 is 5.92 Å². The van der Waals surface area contributed by atoms with Crippen LogP contribution in [0.5, 0.6) is 5.75 Å². The number of carbonyl (C=O) groups excluding carboxylic acids is 1. The fourth-order valence-corrected chi connectivity index (χ4v) is 7.78. The fourth-order valence-electron chi connectivity index (χ4n) is 7.78. The van der Waals surface area contributed by atoms with Gasteiger partial charge in [0, 0.05) is 49.3 Å². The molecule has 2 aliphatic heterocycles. The van der Waals surface area contributed by atoms with Crippen molar-refractivity contribution < 1.29 is 18.3 Å². The zero-order valence-electron chi connectivity index (χ0n) is 26.8. The van der Waals surface area contributed by atoms with Crippen LogP contribution in [-0.4, -0.2) is 50.1 Å². The van der Waals surface area contributed by atoms with Gasteiger partial charge in [0.2, 0.25) is 11.8 Å². The number of nitrogens with one attached hydrogen (secondary N) is 1. The molecule has 1 aromatic heterocycles. The normalized spacial score (nSPS) is 24.1. The summed E-state index contributed by atoms with van der Waals surface area (Å²) in [5.74, 6) is 0.0452. The minimum absolute atomic E-state index is 0.106. The first-order chi connectivity index (χ1) is 21.7. The molecule has 9 heteroatoms. The number of aryl methyl sites for hydroxylation is 1. The summed E-state index contributed by atoms with van der Waals surface area (Å²) in [7, 11) is 0. The van der Waals surface area contributed by atoms with E-state index in [0.29, 0.717) is 30.7 Å². The Labute approximate surface area is 265 Å². The van der Waals surface area contributed by atoms with E-state index in [1.807, 2.05) is 54.6 Å². The molecule has 3 atom stereocenters. The van der Waals surface area contributed by atoms with Crippen LogP contribution in [0.4, 0.5) is 8.78 Å². The number of hydrogen-bond donors (Lipinski definition) is 1. The van der Waals surface area contributed by atoms with Crippen LogP contribution in [0, 0.1) is 12.8 Å². The van der Waals surface area contributed by atoms with Crippen molar-refractivity contribution in [3.63, 3.8) is 0 Å². The number of fused-ring (bicyclic) bond motifs is 2. The Balaban J connectivity index is 1.13. The Hall–Kier alpha value is -3.33. The predicted octanol–water partition coefficient (Wildman–Crippen LogP) is 7.53. The number of carbonyl (C=O) groups is 1. The van der Waals surface area contributed by atoms with Crippen LogP contribution in [0.3, 0.4) is 0 Å². The van der Waals surface area contributed by atoms with Gasteiger partial charge in [-0.2, -0.15) is 0 Å². The summed E-state index contributed by atoms with van der Waals surface area (Å²) in [6, 6.07) is 19.2. The third-order valence-corrected chi connectivity index (χ3v) is 10.2. The first-order valence-corrected chi connectivity index (χ1v) is 16.8. The summed E-state index contributed by atoms with van der Waals surface area (Å²) in [4.78, 5) is 16.1. The highest BCUT2D eigenvalue weighted by molar-refractivity contribution is 5.79. The summed E-state index contributed by atoms with van der Waals surface area (Å²) in [6.07, 6.45) is 5.32. The summed E-state index contributed by atoms with van der Waals surface area (Å²) >= 11 is 0. The lowest BCUT2D eigenvalue weighted by Crippen LogP contribution is -2.45. The fraction of sp³-hybridized carbons (Fsp3) is 0.583. The number of rotatable bonds is 11. The molecule has 3 aromatic rings. The number of piperidine rings is 1. The molecule has 1 aliphatic carbocycles. The van der Waals surface area contributed by atoms with Gasteiger partial charge in [-0.1, -0.05) is 56.3 Å². The molecule has 1 saturated carbocycles. The third kappa shape index (κ3) is 7.40. The summed E-state index contributed by atoms with van der Waals surface area (Å²) in [5.41, 5.74) is 2.11. The van der Waals surface area contributed by atoms with E-state index in [1.54, 1.807) is 0 Å². The molecule has 242 valence electrons. The van der Waals surface area contributed by atoms with Gasteiger partial charge in [-0.05, 0) is 75.1 Å². The van der Waals surface area contributed by atoms with Gasteiger partial charge in [-0.3, -0.25) is 9.69 Å². The number of halogens is 2. The first-order valence-electron chi connectivity index (χ1n) is 16.8. The lowest BCUT2D eigenvalue weighted by molar-refractivity contribution is -0.130. The Morgan fingerprint density at radius 3 is 2.27 bits per heavy atom. The van der Waals surface area contributed by atoms with Gasteiger partial charge in [0.05, 0.1) is 6.04 Å². The minimum atomic E-state index is -2.65. The summed E-state index contributed by atoms with van der Waals surface area (Å²) < 4.78 is 36.0. The maximum Gasteiger partial charge on any atom is 0.248 e. The van der Waals surface area contributed by atoms with Crippen molar-refractivity contribution in [1.29, 1.82) is 0 Å². The van der Waals surface area contributed by atoms with Crippen molar-refractivity contribution in [2.45, 2.75) is 121 Å². The van der Waals surface area contributed by atoms with Gasteiger partial charge in [-0.25, -0.2) is 8.78 Å². The maximum atomic E-state index is 13.8. The third-order valence-electron chi connectivity index (χ3n) is 10.2. The van der Waals surface area contributed by atoms with E-state index >= 15 is 0 Å². The van der Waals surface area contributed by atoms with Crippen molar-refractivity contribution in [2.24, 2.45) is 5.92 Å². The minimum Gasteiger partial charge on any atom is -0.489 e. The SMILES string of the molecule is Cc1nnc(C(C)C)n1C1C[C@H]2CC[C@H](C1)N2CC[C@H](NC(=O)C1CCC(F)(F)CC1)c1ccc(OCc2ccccc2)cc1. The lowest BCUT2D eigenvalue weighted by atomic mass is 9.86. The molecule has 3 aliphatic rings. The Kier molecular flexibility index (Phi) is 9.54. The number of hydrogen-bond acceptors (Lipinski definition) is 5. The van der Waals surface area contributed by atoms with Crippen molar-refractivity contribution in [3.8, 4) is 5.75 Å². The highest BCUT2D eigenvalue weighted by Crippen LogP contribution is 2.43. The summed E-state index contributed by atoms with van der Waals surface area (Å²) in [6.45, 7) is 7.78. The Morgan fingerprint density at radius 2 is 1.62 bits per heavy atom. The monoisotopic (exact) mass is 619 g/mol. The van der Waals surface area contributed by atoms with Crippen molar-refractivity contribution in [1.82, 2.24) is 25.0 Å². The van der Waals surface area contributed by atoms with E-state index in [4.69, 9.17) is 4.74 Å². The second-order valence-corrected chi connectivity index (χ2v) is 13.7. The van der Waals surface area contributed by atoms with E-state index in [-0.39, 0.29) is 43.6 Å². The predicted molar refractivity (Wildman–Crippen MR) is 170 cm³/mol. The molecule has 0 spiro atoms. The number of benzene rings is 2. The average molecular weight is 620 g/mol. The van der Waals surface area contributed by atoms with Gasteiger partial charge in [-0.15, -0.1) is 10.2 Å². The smallest absolute Gasteiger partial charge is 0.248 e. The molecular formula is C36H47F2N5O2. The molecule has 2 bridgehead atoms. The largest absolute Gasteiger partial charge is 0.489 e. The highest BCUT2D eigenvalue weighted by atomic mass is 19.3. The number of ether oxygens (including phenoxy) is 1. The molecule has 2 saturated heterocycles. The Morgan fingerprint density at radius 1 is 0.956 bits per heavy atom. The van der Waals surface area contributed by atoms with E-state index in [0.717, 1.165) is 54.3 Å². The molecule has 45 heavy (non-hydrogen) atoms. The topological polar surface area (TPSA) is 72.3 Å². The quantitative estimate of drug-likeness (QED) is 0.240. The van der Waals surface area contributed by atoms with Gasteiger partial charge >= 0.3 is 0 Å². The molecule has 0 radical (unpaired) electrons. The van der Waals surface area contributed by atoms with E-state index in [1.165, 1.54) is 12.8 Å². The maximum absolute atomic E-state index is 13.8. The first kappa shape index (κ1) is 31.6. The van der Waals surface area contributed by atoms with Crippen LogP contribution < -0.4 is 10.1 Å². The van der Waals surface area contributed by atoms with Crippen LogP contribution in [-0.2, 0) is 11.4 Å². The Bertz CT molecular complexity index is 1400. The van der Waals surface area contributed by atoms with Crippen LogP contribution in [0.15, 0.2) is 54.6 Å². The molecule has 7 nitrogen and oxygen atoms in total. The second-order valence-electron chi connectivity index (χ2n) is 13.7. The zero-order chi connectivity index (χ0) is 31.6. The molecule has 6 rings (SSSR count). The molecule has 3 heterocycles. The van der Waals surface area contributed by atoms with Crippen LogP contribution in [0.2, 0.25) is 0 Å². The van der Waals surface area contributed by atoms with Gasteiger partial charge in [0.1, 0.15) is 24.0 Å². The number of nitrogens with zero attached hydrogens (tertiary/aromatic N) is 4. The lowest BCUT2D eigenvalue weighted by Gasteiger charge is -2.40. The number of amides is 1. The van der Waals surface area contributed by atoms with Crippen molar-refractivity contribution in [3.05, 3.63) is 77.4 Å². The van der Waals surface area contributed by atoms with Gasteiger partial charge < -0.3 is 14.6 Å². The van der Waals surface area contributed by atoms with Crippen molar-refractivity contribution >= 4 is 5.91 Å². The molecule has 3 fully saturated rings. The van der Waals surface area contributed by atoms with Crippen LogP contribution >= 0.6 is 0 Å².